The fourth-order valence-corrected chi connectivity index (χ4v) is 2.94. The molecule has 84 valence electrons. The Morgan fingerprint density at radius 1 is 0.706 bits per heavy atom. The minimum absolute atomic E-state index is 0.620. The lowest BCUT2D eigenvalue weighted by Crippen LogP contribution is -1.80. The molecule has 0 amide bonds. The van der Waals surface area contributed by atoms with Crippen LogP contribution in [0.4, 0.5) is 0 Å². The van der Waals surface area contributed by atoms with Gasteiger partial charge in [0.15, 0.2) is 0 Å². The van der Waals surface area contributed by atoms with Gasteiger partial charge in [-0.3, -0.25) is 0 Å². The molecule has 0 saturated carbocycles. The van der Waals surface area contributed by atoms with Gasteiger partial charge in [-0.25, -0.2) is 0 Å². The molecule has 0 N–H and O–H groups in total. The molecule has 0 radical (unpaired) electrons. The van der Waals surface area contributed by atoms with Gasteiger partial charge >= 0.3 is 0 Å². The van der Waals surface area contributed by atoms with Crippen LogP contribution in [0.15, 0.2) is 42.5 Å². The molecule has 0 aliphatic carbocycles. The maximum Gasteiger partial charge on any atom is 0.0499 e. The Labute approximate surface area is 114 Å². The number of hydrogen-bond acceptors (Lipinski definition) is 0. The average molecular weight is 282 g/mol. The number of halogens is 3. The second-order valence-corrected chi connectivity index (χ2v) is 5.14. The molecule has 3 rings (SSSR count). The summed E-state index contributed by atoms with van der Waals surface area (Å²) in [6, 6.07) is 13.5. The SMILES string of the molecule is Clc1cc(Cl)c2ccc3cccc(Cl)c3c2c1. The third kappa shape index (κ3) is 1.77. The maximum absolute atomic E-state index is 6.25. The van der Waals surface area contributed by atoms with Gasteiger partial charge in [-0.15, -0.1) is 0 Å². The fourth-order valence-electron chi connectivity index (χ4n) is 2.10. The van der Waals surface area contributed by atoms with Gasteiger partial charge in [0, 0.05) is 25.8 Å². The molecule has 0 nitrogen and oxygen atoms in total. The standard InChI is InChI=1S/C14H7Cl3/c15-9-6-11-10(13(17)7-9)5-4-8-2-1-3-12(16)14(8)11/h1-7H. The van der Waals surface area contributed by atoms with Crippen molar-refractivity contribution in [3.63, 3.8) is 0 Å². The van der Waals surface area contributed by atoms with Crippen molar-refractivity contribution in [3.05, 3.63) is 57.5 Å². The highest BCUT2D eigenvalue weighted by molar-refractivity contribution is 6.42. The first-order valence-electron chi connectivity index (χ1n) is 5.13. The summed E-state index contributed by atoms with van der Waals surface area (Å²) in [5.74, 6) is 0. The van der Waals surface area contributed by atoms with Crippen molar-refractivity contribution in [1.29, 1.82) is 0 Å². The van der Waals surface area contributed by atoms with Crippen molar-refractivity contribution in [2.75, 3.05) is 0 Å². The molecule has 0 heterocycles. The Balaban J connectivity index is 2.63. The lowest BCUT2D eigenvalue weighted by molar-refractivity contribution is 1.76. The number of hydrogen-bond donors (Lipinski definition) is 0. The molecule has 0 aliphatic rings. The lowest BCUT2D eigenvalue weighted by Gasteiger charge is -2.07. The van der Waals surface area contributed by atoms with Crippen LogP contribution in [0, 0.1) is 0 Å². The highest BCUT2D eigenvalue weighted by Gasteiger charge is 2.07. The van der Waals surface area contributed by atoms with Crippen molar-refractivity contribution in [1.82, 2.24) is 0 Å². The average Bonchev–Trinajstić information content (AvgIpc) is 2.28. The van der Waals surface area contributed by atoms with Gasteiger partial charge in [-0.1, -0.05) is 59.1 Å². The van der Waals surface area contributed by atoms with Crippen molar-refractivity contribution in [3.8, 4) is 0 Å². The summed E-state index contributed by atoms with van der Waals surface area (Å²) in [6.45, 7) is 0. The molecule has 0 fully saturated rings. The van der Waals surface area contributed by atoms with Gasteiger partial charge in [0.2, 0.25) is 0 Å². The predicted molar refractivity (Wildman–Crippen MR) is 76.5 cm³/mol. The quantitative estimate of drug-likeness (QED) is 0.446. The summed E-state index contributed by atoms with van der Waals surface area (Å²) in [6.07, 6.45) is 0. The van der Waals surface area contributed by atoms with E-state index >= 15 is 0 Å². The normalized spacial score (nSPS) is 11.2. The van der Waals surface area contributed by atoms with Crippen LogP contribution in [-0.2, 0) is 0 Å². The summed E-state index contributed by atoms with van der Waals surface area (Å²) < 4.78 is 0. The zero-order valence-corrected chi connectivity index (χ0v) is 10.9. The molecule has 17 heavy (non-hydrogen) atoms. The first kappa shape index (κ1) is 11.2. The maximum atomic E-state index is 6.25. The Morgan fingerprint density at radius 3 is 2.35 bits per heavy atom. The van der Waals surface area contributed by atoms with Crippen molar-refractivity contribution >= 4 is 56.3 Å². The van der Waals surface area contributed by atoms with Gasteiger partial charge in [0.25, 0.3) is 0 Å². The summed E-state index contributed by atoms with van der Waals surface area (Å²) >= 11 is 18.5. The van der Waals surface area contributed by atoms with Crippen LogP contribution in [0.2, 0.25) is 15.1 Å². The van der Waals surface area contributed by atoms with Crippen LogP contribution in [0.5, 0.6) is 0 Å². The molecule has 3 aromatic carbocycles. The van der Waals surface area contributed by atoms with Gasteiger partial charge in [0.05, 0.1) is 0 Å². The van der Waals surface area contributed by atoms with E-state index in [9.17, 15) is 0 Å². The van der Waals surface area contributed by atoms with Crippen LogP contribution < -0.4 is 0 Å². The molecule has 3 heteroatoms. The van der Waals surface area contributed by atoms with E-state index in [1.165, 1.54) is 0 Å². The smallest absolute Gasteiger partial charge is 0.0499 e. The zero-order valence-electron chi connectivity index (χ0n) is 8.68. The van der Waals surface area contributed by atoms with Crippen LogP contribution in [0.3, 0.4) is 0 Å². The molecule has 0 spiro atoms. The molecule has 0 bridgehead atoms. The third-order valence-corrected chi connectivity index (χ3v) is 3.68. The molecular weight excluding hydrogens is 275 g/mol. The minimum atomic E-state index is 0.620. The second kappa shape index (κ2) is 4.06. The van der Waals surface area contributed by atoms with Crippen LogP contribution in [0.1, 0.15) is 0 Å². The number of benzene rings is 3. The third-order valence-electron chi connectivity index (χ3n) is 2.84. The van der Waals surface area contributed by atoms with E-state index in [0.717, 1.165) is 21.5 Å². The van der Waals surface area contributed by atoms with E-state index in [2.05, 4.69) is 0 Å². The largest absolute Gasteiger partial charge is 0.0843 e. The van der Waals surface area contributed by atoms with Gasteiger partial charge in [-0.2, -0.15) is 0 Å². The molecule has 0 saturated heterocycles. The van der Waals surface area contributed by atoms with Gasteiger partial charge in [0.1, 0.15) is 0 Å². The Hall–Kier alpha value is -0.950. The Kier molecular flexibility index (Phi) is 2.67. The molecule has 0 aromatic heterocycles. The van der Waals surface area contributed by atoms with E-state index in [4.69, 9.17) is 34.8 Å². The summed E-state index contributed by atoms with van der Waals surface area (Å²) in [7, 11) is 0. The highest BCUT2D eigenvalue weighted by Crippen LogP contribution is 2.36. The zero-order chi connectivity index (χ0) is 12.0. The Bertz CT molecular complexity index is 732. The van der Waals surface area contributed by atoms with E-state index < -0.39 is 0 Å². The van der Waals surface area contributed by atoms with Crippen molar-refractivity contribution in [2.45, 2.75) is 0 Å². The number of rotatable bonds is 0. The van der Waals surface area contributed by atoms with Gasteiger partial charge < -0.3 is 0 Å². The van der Waals surface area contributed by atoms with Crippen LogP contribution in [-0.4, -0.2) is 0 Å². The first-order valence-corrected chi connectivity index (χ1v) is 6.26. The topological polar surface area (TPSA) is 0 Å². The monoisotopic (exact) mass is 280 g/mol. The van der Waals surface area contributed by atoms with E-state index in [1.54, 1.807) is 6.07 Å². The summed E-state index contributed by atoms with van der Waals surface area (Å²) in [5, 5.41) is 6.03. The fraction of sp³-hybridized carbons (Fsp3) is 0. The number of fused-ring (bicyclic) bond motifs is 3. The molecule has 0 unspecified atom stereocenters. The van der Waals surface area contributed by atoms with Crippen molar-refractivity contribution in [2.24, 2.45) is 0 Å². The van der Waals surface area contributed by atoms with E-state index in [1.807, 2.05) is 36.4 Å². The van der Waals surface area contributed by atoms with Crippen LogP contribution in [0.25, 0.3) is 21.5 Å². The Morgan fingerprint density at radius 2 is 1.53 bits per heavy atom. The van der Waals surface area contributed by atoms with E-state index in [0.29, 0.717) is 15.1 Å². The molecule has 0 atom stereocenters. The predicted octanol–water partition coefficient (Wildman–Crippen LogP) is 5.95. The molecule has 0 aliphatic heterocycles. The highest BCUT2D eigenvalue weighted by atomic mass is 35.5. The molecular formula is C14H7Cl3. The molecule has 3 aromatic rings. The first-order chi connectivity index (χ1) is 8.16. The van der Waals surface area contributed by atoms with Crippen molar-refractivity contribution < 1.29 is 0 Å². The minimum Gasteiger partial charge on any atom is -0.0843 e. The van der Waals surface area contributed by atoms with E-state index in [-0.39, 0.29) is 0 Å². The second-order valence-electron chi connectivity index (χ2n) is 3.89. The van der Waals surface area contributed by atoms with Crippen LogP contribution >= 0.6 is 34.8 Å². The summed E-state index contributed by atoms with van der Waals surface area (Å²) in [4.78, 5) is 0. The summed E-state index contributed by atoms with van der Waals surface area (Å²) in [5.41, 5.74) is 0. The van der Waals surface area contributed by atoms with Gasteiger partial charge in [-0.05, 0) is 29.0 Å². The lowest BCUT2D eigenvalue weighted by atomic mass is 10.0.